The van der Waals surface area contributed by atoms with E-state index in [1.165, 1.54) is 0 Å². The topological polar surface area (TPSA) is 43.3 Å². The molecule has 0 N–H and O–H groups in total. The maximum atomic E-state index is 6.40. The van der Waals surface area contributed by atoms with Gasteiger partial charge in [0.05, 0.1) is 11.8 Å². The van der Waals surface area contributed by atoms with Crippen LogP contribution in [0.3, 0.4) is 0 Å². The molecule has 0 fully saturated rings. The lowest BCUT2D eigenvalue weighted by Crippen LogP contribution is -2.33. The molecule has 3 heterocycles. The van der Waals surface area contributed by atoms with E-state index < -0.39 is 0 Å². The molecule has 6 heteroatoms. The smallest absolute Gasteiger partial charge is 0.231 e. The van der Waals surface area contributed by atoms with E-state index in [1.807, 2.05) is 60.7 Å². The lowest BCUT2D eigenvalue weighted by atomic mass is 9.96. The Morgan fingerprint density at radius 3 is 2.62 bits per heavy atom. The highest BCUT2D eigenvalue weighted by Gasteiger charge is 2.41. The Morgan fingerprint density at radius 1 is 0.897 bits per heavy atom. The molecule has 6 rings (SSSR count). The molecule has 144 valence electrons. The van der Waals surface area contributed by atoms with Crippen molar-refractivity contribution < 1.29 is 14.2 Å². The average Bonchev–Trinajstić information content (AvgIpc) is 3.40. The number of ether oxygens (including phenoxy) is 3. The van der Waals surface area contributed by atoms with E-state index in [4.69, 9.17) is 30.9 Å². The van der Waals surface area contributed by atoms with E-state index in [0.717, 1.165) is 51.1 Å². The van der Waals surface area contributed by atoms with Crippen molar-refractivity contribution in [1.82, 2.24) is 5.01 Å². The molecule has 0 aliphatic carbocycles. The van der Waals surface area contributed by atoms with Gasteiger partial charge in [-0.3, -0.25) is 0 Å². The molecule has 0 radical (unpaired) electrons. The van der Waals surface area contributed by atoms with E-state index in [9.17, 15) is 0 Å². The van der Waals surface area contributed by atoms with Gasteiger partial charge in [-0.2, -0.15) is 5.10 Å². The van der Waals surface area contributed by atoms with Crippen LogP contribution in [0, 0.1) is 0 Å². The monoisotopic (exact) mass is 404 g/mol. The predicted octanol–water partition coefficient (Wildman–Crippen LogP) is 5.31. The average molecular weight is 405 g/mol. The number of fused-ring (bicyclic) bond motifs is 4. The van der Waals surface area contributed by atoms with Gasteiger partial charge in [0.1, 0.15) is 5.75 Å². The van der Waals surface area contributed by atoms with Crippen molar-refractivity contribution >= 4 is 17.3 Å². The second kappa shape index (κ2) is 6.42. The van der Waals surface area contributed by atoms with E-state index in [2.05, 4.69) is 11.1 Å². The number of rotatable bonds is 2. The summed E-state index contributed by atoms with van der Waals surface area (Å²) in [6, 6.07) is 22.0. The summed E-state index contributed by atoms with van der Waals surface area (Å²) in [5.41, 5.74) is 4.23. The van der Waals surface area contributed by atoms with Crippen LogP contribution in [-0.4, -0.2) is 17.5 Å². The van der Waals surface area contributed by atoms with Crippen LogP contribution in [0.5, 0.6) is 17.2 Å². The standard InChI is InChI=1S/C23H17ClN2O3/c24-16-8-5-14(6-9-16)18-12-19-17-3-1-2-4-20(17)29-23(26(19)25-18)15-7-10-21-22(11-15)28-13-27-21/h1-11,19,23H,12-13H2/t19-,23+/m0/s1. The lowest BCUT2D eigenvalue weighted by molar-refractivity contribution is -0.0191. The third-order valence-electron chi connectivity index (χ3n) is 5.56. The molecule has 3 aliphatic heterocycles. The third kappa shape index (κ3) is 2.73. The first-order valence-corrected chi connectivity index (χ1v) is 9.91. The normalized spacial score (nSPS) is 21.3. The van der Waals surface area contributed by atoms with E-state index in [1.54, 1.807) is 0 Å². The molecular formula is C23H17ClN2O3. The molecule has 0 bridgehead atoms. The second-order valence-corrected chi connectivity index (χ2v) is 7.71. The Balaban J connectivity index is 1.44. The molecule has 2 atom stereocenters. The van der Waals surface area contributed by atoms with Crippen LogP contribution in [-0.2, 0) is 0 Å². The number of hydrogen-bond acceptors (Lipinski definition) is 5. The molecular weight excluding hydrogens is 388 g/mol. The van der Waals surface area contributed by atoms with Gasteiger partial charge in [-0.25, -0.2) is 5.01 Å². The van der Waals surface area contributed by atoms with Gasteiger partial charge in [-0.15, -0.1) is 0 Å². The molecule has 0 spiro atoms. The number of halogens is 1. The van der Waals surface area contributed by atoms with E-state index >= 15 is 0 Å². The Morgan fingerprint density at radius 2 is 1.72 bits per heavy atom. The maximum absolute atomic E-state index is 6.40. The zero-order chi connectivity index (χ0) is 19.4. The van der Waals surface area contributed by atoms with Crippen molar-refractivity contribution in [1.29, 1.82) is 0 Å². The van der Waals surface area contributed by atoms with Gasteiger partial charge in [0.15, 0.2) is 11.5 Å². The summed E-state index contributed by atoms with van der Waals surface area (Å²) in [4.78, 5) is 0. The highest BCUT2D eigenvalue weighted by Crippen LogP contribution is 2.48. The van der Waals surface area contributed by atoms with Gasteiger partial charge in [0.2, 0.25) is 13.0 Å². The Labute approximate surface area is 173 Å². The summed E-state index contributed by atoms with van der Waals surface area (Å²) in [6.45, 7) is 0.248. The lowest BCUT2D eigenvalue weighted by Gasteiger charge is -2.38. The molecule has 29 heavy (non-hydrogen) atoms. The van der Waals surface area contributed by atoms with Crippen molar-refractivity contribution in [3.63, 3.8) is 0 Å². The van der Waals surface area contributed by atoms with Crippen LogP contribution < -0.4 is 14.2 Å². The molecule has 0 saturated carbocycles. The molecule has 3 aromatic rings. The first kappa shape index (κ1) is 16.7. The van der Waals surface area contributed by atoms with Crippen LogP contribution >= 0.6 is 11.6 Å². The van der Waals surface area contributed by atoms with Gasteiger partial charge in [-0.1, -0.05) is 41.9 Å². The summed E-state index contributed by atoms with van der Waals surface area (Å²) in [7, 11) is 0. The number of para-hydroxylation sites is 1. The summed E-state index contributed by atoms with van der Waals surface area (Å²) in [5, 5.41) is 7.75. The molecule has 0 unspecified atom stereocenters. The highest BCUT2D eigenvalue weighted by molar-refractivity contribution is 6.30. The maximum Gasteiger partial charge on any atom is 0.231 e. The first-order valence-electron chi connectivity index (χ1n) is 9.53. The van der Waals surface area contributed by atoms with Gasteiger partial charge >= 0.3 is 0 Å². The van der Waals surface area contributed by atoms with Crippen molar-refractivity contribution in [2.45, 2.75) is 18.7 Å². The van der Waals surface area contributed by atoms with Gasteiger partial charge in [0, 0.05) is 22.6 Å². The van der Waals surface area contributed by atoms with Crippen molar-refractivity contribution in [2.75, 3.05) is 6.79 Å². The minimum atomic E-state index is -0.339. The predicted molar refractivity (Wildman–Crippen MR) is 110 cm³/mol. The molecule has 0 amide bonds. The number of nitrogens with zero attached hydrogens (tertiary/aromatic N) is 2. The van der Waals surface area contributed by atoms with Crippen LogP contribution in [0.1, 0.15) is 35.4 Å². The third-order valence-corrected chi connectivity index (χ3v) is 5.81. The van der Waals surface area contributed by atoms with Crippen molar-refractivity contribution in [3.8, 4) is 17.2 Å². The zero-order valence-corrected chi connectivity index (χ0v) is 16.2. The minimum absolute atomic E-state index is 0.112. The summed E-state index contributed by atoms with van der Waals surface area (Å²) in [6.07, 6.45) is 0.470. The van der Waals surface area contributed by atoms with Crippen molar-refractivity contribution in [2.24, 2.45) is 5.10 Å². The van der Waals surface area contributed by atoms with Gasteiger partial charge in [-0.05, 0) is 42.0 Å². The number of hydrogen-bond donors (Lipinski definition) is 0. The summed E-state index contributed by atoms with van der Waals surface area (Å²) >= 11 is 6.06. The zero-order valence-electron chi connectivity index (χ0n) is 15.4. The highest BCUT2D eigenvalue weighted by atomic mass is 35.5. The molecule has 3 aromatic carbocycles. The SMILES string of the molecule is Clc1ccc(C2=NN3[C@@H](c4ccc5c(c4)OCO5)Oc4ccccc4[C@@H]3C2)cc1. The Hall–Kier alpha value is -3.18. The number of benzene rings is 3. The van der Waals surface area contributed by atoms with E-state index in [-0.39, 0.29) is 19.1 Å². The van der Waals surface area contributed by atoms with E-state index in [0.29, 0.717) is 0 Å². The van der Waals surface area contributed by atoms with Gasteiger partial charge < -0.3 is 14.2 Å². The van der Waals surface area contributed by atoms with Crippen LogP contribution in [0.4, 0.5) is 0 Å². The minimum Gasteiger partial charge on any atom is -0.464 e. The van der Waals surface area contributed by atoms with Crippen LogP contribution in [0.2, 0.25) is 5.02 Å². The Bertz CT molecular complexity index is 1130. The summed E-state index contributed by atoms with van der Waals surface area (Å²) in [5.74, 6) is 2.39. The number of hydrazone groups is 1. The molecule has 5 nitrogen and oxygen atoms in total. The second-order valence-electron chi connectivity index (χ2n) is 7.27. The first-order chi connectivity index (χ1) is 14.3. The quantitative estimate of drug-likeness (QED) is 0.580. The van der Waals surface area contributed by atoms with Crippen LogP contribution in [0.15, 0.2) is 71.8 Å². The van der Waals surface area contributed by atoms with Gasteiger partial charge in [0.25, 0.3) is 0 Å². The molecule has 0 aromatic heterocycles. The molecule has 0 saturated heterocycles. The fourth-order valence-electron chi connectivity index (χ4n) is 4.14. The van der Waals surface area contributed by atoms with Crippen molar-refractivity contribution in [3.05, 3.63) is 88.4 Å². The molecule has 3 aliphatic rings. The fraction of sp³-hybridized carbons (Fsp3) is 0.174. The largest absolute Gasteiger partial charge is 0.464 e. The Kier molecular flexibility index (Phi) is 3.71. The fourth-order valence-corrected chi connectivity index (χ4v) is 4.26. The summed E-state index contributed by atoms with van der Waals surface area (Å²) < 4.78 is 17.4. The van der Waals surface area contributed by atoms with Crippen LogP contribution in [0.25, 0.3) is 0 Å².